The lowest BCUT2D eigenvalue weighted by atomic mass is 9.90. The lowest BCUT2D eigenvalue weighted by Crippen LogP contribution is -2.33. The van der Waals surface area contributed by atoms with Crippen molar-refractivity contribution >= 4 is 0 Å². The lowest BCUT2D eigenvalue weighted by molar-refractivity contribution is -0.0507. The number of alkyl halides is 2. The normalized spacial score (nSPS) is 20.6. The molecule has 0 bridgehead atoms. The van der Waals surface area contributed by atoms with Gasteiger partial charge in [-0.3, -0.25) is 4.90 Å². The maximum atomic E-state index is 12.4. The Kier molecular flexibility index (Phi) is 4.60. The molecule has 1 heterocycles. The number of likely N-dealkylation sites (tertiary alicyclic amines) is 1. The Balaban J connectivity index is 2.01. The summed E-state index contributed by atoms with van der Waals surface area (Å²) in [4.78, 5) is 2.16. The summed E-state index contributed by atoms with van der Waals surface area (Å²) in [5, 5.41) is 10.0. The molecule has 1 aliphatic rings. The van der Waals surface area contributed by atoms with Crippen molar-refractivity contribution in [3.8, 4) is 5.75 Å². The fourth-order valence-corrected chi connectivity index (χ4v) is 2.64. The Morgan fingerprint density at radius 3 is 2.70 bits per heavy atom. The molecule has 20 heavy (non-hydrogen) atoms. The molecule has 1 atom stereocenters. The van der Waals surface area contributed by atoms with Crippen molar-refractivity contribution in [1.29, 1.82) is 0 Å². The largest absolute Gasteiger partial charge is 0.434 e. The van der Waals surface area contributed by atoms with Crippen LogP contribution in [0.5, 0.6) is 5.75 Å². The van der Waals surface area contributed by atoms with Crippen molar-refractivity contribution in [2.75, 3.05) is 13.1 Å². The molecule has 2 rings (SSSR count). The second-order valence-corrected chi connectivity index (χ2v) is 5.86. The van der Waals surface area contributed by atoms with Gasteiger partial charge in [-0.1, -0.05) is 18.2 Å². The number of hydrogen-bond acceptors (Lipinski definition) is 3. The van der Waals surface area contributed by atoms with Gasteiger partial charge in [0.25, 0.3) is 0 Å². The molecule has 0 radical (unpaired) electrons. The SMILES string of the molecule is CC(C)(O)[C@H]1CCN(Cc2ccccc2OC(F)F)C1. The fraction of sp³-hybridized carbons (Fsp3) is 0.600. The van der Waals surface area contributed by atoms with Crippen molar-refractivity contribution in [1.82, 2.24) is 4.90 Å². The van der Waals surface area contributed by atoms with E-state index < -0.39 is 12.2 Å². The van der Waals surface area contributed by atoms with Gasteiger partial charge in [0, 0.05) is 24.6 Å². The number of halogens is 2. The molecule has 112 valence electrons. The summed E-state index contributed by atoms with van der Waals surface area (Å²) in [6.07, 6.45) is 0.918. The zero-order valence-electron chi connectivity index (χ0n) is 11.9. The van der Waals surface area contributed by atoms with Crippen molar-refractivity contribution < 1.29 is 18.6 Å². The van der Waals surface area contributed by atoms with Crippen molar-refractivity contribution in [2.45, 2.75) is 39.0 Å². The van der Waals surface area contributed by atoms with Crippen molar-refractivity contribution in [2.24, 2.45) is 5.92 Å². The molecule has 0 saturated carbocycles. The van der Waals surface area contributed by atoms with E-state index in [0.29, 0.717) is 6.54 Å². The summed E-state index contributed by atoms with van der Waals surface area (Å²) >= 11 is 0. The number of rotatable bonds is 5. The molecule has 5 heteroatoms. The van der Waals surface area contributed by atoms with E-state index in [1.807, 2.05) is 19.9 Å². The maximum absolute atomic E-state index is 12.4. The van der Waals surface area contributed by atoms with Gasteiger partial charge in [-0.15, -0.1) is 0 Å². The first-order valence-corrected chi connectivity index (χ1v) is 6.83. The molecular weight excluding hydrogens is 264 g/mol. The number of para-hydroxylation sites is 1. The zero-order valence-corrected chi connectivity index (χ0v) is 11.9. The third kappa shape index (κ3) is 3.90. The lowest BCUT2D eigenvalue weighted by Gasteiger charge is -2.26. The van der Waals surface area contributed by atoms with Crippen LogP contribution in [0.1, 0.15) is 25.8 Å². The number of aliphatic hydroxyl groups is 1. The fourth-order valence-electron chi connectivity index (χ4n) is 2.64. The zero-order chi connectivity index (χ0) is 14.8. The molecule has 0 aromatic heterocycles. The summed E-state index contributed by atoms with van der Waals surface area (Å²) in [7, 11) is 0. The van der Waals surface area contributed by atoms with Crippen LogP contribution in [-0.2, 0) is 6.54 Å². The molecule has 0 amide bonds. The highest BCUT2D eigenvalue weighted by atomic mass is 19.3. The second kappa shape index (κ2) is 6.06. The van der Waals surface area contributed by atoms with Gasteiger partial charge in [0.05, 0.1) is 5.60 Å². The highest BCUT2D eigenvalue weighted by Gasteiger charge is 2.33. The predicted octanol–water partition coefficient (Wildman–Crippen LogP) is 2.88. The van der Waals surface area contributed by atoms with Crippen molar-refractivity contribution in [3.05, 3.63) is 29.8 Å². The summed E-state index contributed by atoms with van der Waals surface area (Å²) in [5.74, 6) is 0.444. The Bertz CT molecular complexity index is 446. The van der Waals surface area contributed by atoms with Gasteiger partial charge in [-0.05, 0) is 32.9 Å². The van der Waals surface area contributed by atoms with Gasteiger partial charge < -0.3 is 9.84 Å². The standard InChI is InChI=1S/C15H21F2NO2/c1-15(2,19)12-7-8-18(10-12)9-11-5-3-4-6-13(11)20-14(16)17/h3-6,12,14,19H,7-10H2,1-2H3/t12-/m0/s1. The van der Waals surface area contributed by atoms with E-state index >= 15 is 0 Å². The number of benzene rings is 1. The number of ether oxygens (including phenoxy) is 1. The van der Waals surface area contributed by atoms with E-state index in [0.717, 1.165) is 25.1 Å². The minimum Gasteiger partial charge on any atom is -0.434 e. The van der Waals surface area contributed by atoms with Crippen molar-refractivity contribution in [3.63, 3.8) is 0 Å². The summed E-state index contributed by atoms with van der Waals surface area (Å²) < 4.78 is 29.3. The highest BCUT2D eigenvalue weighted by molar-refractivity contribution is 5.33. The van der Waals surface area contributed by atoms with E-state index in [4.69, 9.17) is 0 Å². The van der Waals surface area contributed by atoms with Crippen LogP contribution in [0, 0.1) is 5.92 Å². The van der Waals surface area contributed by atoms with Gasteiger partial charge in [0.1, 0.15) is 5.75 Å². The van der Waals surface area contributed by atoms with Crippen LogP contribution >= 0.6 is 0 Å². The molecule has 1 N–H and O–H groups in total. The molecule has 1 saturated heterocycles. The number of hydrogen-bond donors (Lipinski definition) is 1. The van der Waals surface area contributed by atoms with Crippen LogP contribution < -0.4 is 4.74 Å². The van der Waals surface area contributed by atoms with Gasteiger partial charge in [0.15, 0.2) is 0 Å². The first kappa shape index (κ1) is 15.2. The molecule has 0 aliphatic carbocycles. The average Bonchev–Trinajstić information content (AvgIpc) is 2.79. The van der Waals surface area contributed by atoms with Gasteiger partial charge >= 0.3 is 6.61 Å². The first-order valence-electron chi connectivity index (χ1n) is 6.83. The van der Waals surface area contributed by atoms with E-state index in [2.05, 4.69) is 9.64 Å². The molecule has 3 nitrogen and oxygen atoms in total. The molecule has 1 aromatic carbocycles. The van der Waals surface area contributed by atoms with Crippen LogP contribution in [0.15, 0.2) is 24.3 Å². The van der Waals surface area contributed by atoms with Gasteiger partial charge in [0.2, 0.25) is 0 Å². The molecule has 0 spiro atoms. The van der Waals surface area contributed by atoms with E-state index in [9.17, 15) is 13.9 Å². The van der Waals surface area contributed by atoms with E-state index in [-0.39, 0.29) is 11.7 Å². The monoisotopic (exact) mass is 285 g/mol. The van der Waals surface area contributed by atoms with Crippen LogP contribution in [0.25, 0.3) is 0 Å². The summed E-state index contributed by atoms with van der Waals surface area (Å²) in [5.41, 5.74) is 0.0532. The molecule has 1 aromatic rings. The highest BCUT2D eigenvalue weighted by Crippen LogP contribution is 2.29. The molecular formula is C15H21F2NO2. The Morgan fingerprint density at radius 2 is 2.10 bits per heavy atom. The second-order valence-electron chi connectivity index (χ2n) is 5.86. The Hall–Kier alpha value is -1.20. The van der Waals surface area contributed by atoms with Gasteiger partial charge in [-0.25, -0.2) is 0 Å². The van der Waals surface area contributed by atoms with E-state index in [1.54, 1.807) is 18.2 Å². The van der Waals surface area contributed by atoms with Crippen LogP contribution in [-0.4, -0.2) is 35.3 Å². The Morgan fingerprint density at radius 1 is 1.40 bits per heavy atom. The minimum atomic E-state index is -2.81. The summed E-state index contributed by atoms with van der Waals surface area (Å²) in [6, 6.07) is 6.86. The molecule has 1 aliphatic heterocycles. The quantitative estimate of drug-likeness (QED) is 0.903. The maximum Gasteiger partial charge on any atom is 0.387 e. The Labute approximate surface area is 118 Å². The average molecular weight is 285 g/mol. The topological polar surface area (TPSA) is 32.7 Å². The third-order valence-corrected chi connectivity index (χ3v) is 3.85. The van der Waals surface area contributed by atoms with E-state index in [1.165, 1.54) is 0 Å². The van der Waals surface area contributed by atoms with Crippen LogP contribution in [0.4, 0.5) is 8.78 Å². The van der Waals surface area contributed by atoms with Crippen LogP contribution in [0.3, 0.4) is 0 Å². The van der Waals surface area contributed by atoms with Crippen LogP contribution in [0.2, 0.25) is 0 Å². The molecule has 1 fully saturated rings. The number of nitrogens with zero attached hydrogens (tertiary/aromatic N) is 1. The smallest absolute Gasteiger partial charge is 0.387 e. The third-order valence-electron chi connectivity index (χ3n) is 3.85. The predicted molar refractivity (Wildman–Crippen MR) is 72.8 cm³/mol. The first-order chi connectivity index (χ1) is 9.36. The van der Waals surface area contributed by atoms with Gasteiger partial charge in [-0.2, -0.15) is 8.78 Å². The molecule has 0 unspecified atom stereocenters. The minimum absolute atomic E-state index is 0.214. The summed E-state index contributed by atoms with van der Waals surface area (Å²) in [6.45, 7) is 3.02.